The molecule has 1 radical (unpaired) electrons. The molecule has 0 amide bonds. The summed E-state index contributed by atoms with van der Waals surface area (Å²) in [6.45, 7) is 18.7. The minimum atomic E-state index is -1.27. The fraction of sp³-hybridized carbons (Fsp3) is 0.209. The molecule has 7 aromatic rings. The van der Waals surface area contributed by atoms with Crippen LogP contribution in [-0.4, -0.2) is 18.0 Å². The predicted octanol–water partition coefficient (Wildman–Crippen LogP) is 11.9. The molecule has 4 aromatic carbocycles. The van der Waals surface area contributed by atoms with Crippen molar-refractivity contribution in [3.05, 3.63) is 139 Å². The summed E-state index contributed by atoms with van der Waals surface area (Å²) >= 11 is 1.73. The van der Waals surface area contributed by atoms with E-state index in [9.17, 15) is 0 Å². The molecular formula is C43H42IrN2SSi-2. The Hall–Kier alpha value is -3.73. The average molecular weight is 841 g/mol. The molecule has 2 nitrogen and oxygen atoms in total. The van der Waals surface area contributed by atoms with Gasteiger partial charge in [-0.1, -0.05) is 111 Å². The molecule has 3 aromatic heterocycles. The van der Waals surface area contributed by atoms with E-state index in [0.717, 1.165) is 48.4 Å². The average Bonchev–Trinajstić information content (AvgIpc) is 3.47. The summed E-state index contributed by atoms with van der Waals surface area (Å²) in [5.41, 5.74) is 7.06. The van der Waals surface area contributed by atoms with E-state index in [2.05, 4.69) is 110 Å². The van der Waals surface area contributed by atoms with Gasteiger partial charge in [-0.25, -0.2) is 0 Å². The van der Waals surface area contributed by atoms with Crippen LogP contribution in [0.15, 0.2) is 110 Å². The molecule has 0 saturated carbocycles. The normalized spacial score (nSPS) is 13.6. The van der Waals surface area contributed by atoms with Gasteiger partial charge in [0, 0.05) is 45.6 Å². The molecule has 0 aliphatic rings. The van der Waals surface area contributed by atoms with Crippen LogP contribution >= 0.6 is 11.3 Å². The van der Waals surface area contributed by atoms with Crippen molar-refractivity contribution in [3.63, 3.8) is 0 Å². The first-order valence-electron chi connectivity index (χ1n) is 17.0. The van der Waals surface area contributed by atoms with Gasteiger partial charge in [0.15, 0.2) is 0 Å². The number of aryl methyl sites for hydroxylation is 1. The van der Waals surface area contributed by atoms with Gasteiger partial charge in [-0.2, -0.15) is 11.3 Å². The Morgan fingerprint density at radius 1 is 0.875 bits per heavy atom. The smallest absolute Gasteiger partial charge is 0.0798 e. The zero-order valence-electron chi connectivity index (χ0n) is 30.7. The van der Waals surface area contributed by atoms with Crippen LogP contribution in [-0.2, 0) is 20.1 Å². The fourth-order valence-corrected chi connectivity index (χ4v) is 8.98. The van der Waals surface area contributed by atoms with Crippen molar-refractivity contribution in [2.24, 2.45) is 0 Å². The van der Waals surface area contributed by atoms with E-state index in [4.69, 9.17) is 2.74 Å². The molecule has 0 bridgehead atoms. The van der Waals surface area contributed by atoms with Crippen molar-refractivity contribution in [2.75, 3.05) is 0 Å². The number of aromatic nitrogens is 2. The Morgan fingerprint density at radius 2 is 1.65 bits per heavy atom. The number of rotatable bonds is 6. The second kappa shape index (κ2) is 14.8. The molecule has 1 unspecified atom stereocenters. The monoisotopic (exact) mass is 841 g/mol. The van der Waals surface area contributed by atoms with Crippen LogP contribution in [0.4, 0.5) is 0 Å². The van der Waals surface area contributed by atoms with Crippen LogP contribution in [0.5, 0.6) is 0 Å². The second-order valence-electron chi connectivity index (χ2n) is 13.3. The number of fused-ring (bicyclic) bond motifs is 5. The van der Waals surface area contributed by atoms with Crippen molar-refractivity contribution in [3.8, 4) is 22.5 Å². The maximum atomic E-state index is 8.57. The molecule has 245 valence electrons. The van der Waals surface area contributed by atoms with Gasteiger partial charge in [0.05, 0.1) is 8.07 Å². The Labute approximate surface area is 307 Å². The summed E-state index contributed by atoms with van der Waals surface area (Å²) in [7, 11) is -1.27. The van der Waals surface area contributed by atoms with Crippen molar-refractivity contribution in [2.45, 2.75) is 59.1 Å². The summed E-state index contributed by atoms with van der Waals surface area (Å²) in [5.74, 6) is -1.54. The van der Waals surface area contributed by atoms with Gasteiger partial charge < -0.3 is 4.98 Å². The van der Waals surface area contributed by atoms with Crippen LogP contribution < -0.4 is 5.19 Å². The molecule has 0 fully saturated rings. The Bertz CT molecular complexity index is 2320. The summed E-state index contributed by atoms with van der Waals surface area (Å²) in [6, 6.07) is 35.6. The zero-order chi connectivity index (χ0) is 35.1. The molecule has 0 saturated heterocycles. The Morgan fingerprint density at radius 3 is 2.33 bits per heavy atom. The van der Waals surface area contributed by atoms with Crippen LogP contribution in [0.2, 0.25) is 19.6 Å². The largest absolute Gasteiger partial charge is 0.305 e. The first kappa shape index (κ1) is 32.8. The van der Waals surface area contributed by atoms with Gasteiger partial charge in [-0.15, -0.1) is 60.0 Å². The van der Waals surface area contributed by atoms with Crippen LogP contribution in [0.25, 0.3) is 53.5 Å². The number of benzene rings is 4. The van der Waals surface area contributed by atoms with E-state index < -0.39 is 19.9 Å². The second-order valence-corrected chi connectivity index (χ2v) is 19.4. The van der Waals surface area contributed by atoms with Gasteiger partial charge in [0.2, 0.25) is 0 Å². The number of allylic oxidation sites excluding steroid dienone is 1. The molecular weight excluding hydrogens is 797 g/mol. The van der Waals surface area contributed by atoms with E-state index in [-0.39, 0.29) is 20.1 Å². The number of thiophene rings is 1. The third-order valence-electron chi connectivity index (χ3n) is 8.63. The SMILES string of the molecule is Cc1cc(-c2[c-]cccc2)ncc1[Si](C)(C)C.[2H]C(C)(C)c1ccc2c(c1)sc1c(-c3cc(C([2H])(C)C=C)ccn3)[c-]c3ccccc3c12.[Ir]. The summed E-state index contributed by atoms with van der Waals surface area (Å²) < 4.78 is 19.3. The van der Waals surface area contributed by atoms with E-state index in [1.54, 1.807) is 23.6 Å². The molecule has 0 aliphatic heterocycles. The maximum Gasteiger partial charge on any atom is 0.0798 e. The quantitative estimate of drug-likeness (QED) is 0.0947. The summed E-state index contributed by atoms with van der Waals surface area (Å²) in [5, 5.41) is 6.05. The molecule has 0 N–H and O–H groups in total. The molecule has 5 heteroatoms. The number of hydrogen-bond acceptors (Lipinski definition) is 3. The molecule has 3 heterocycles. The van der Waals surface area contributed by atoms with Crippen molar-refractivity contribution < 1.29 is 22.8 Å². The Kier molecular flexibility index (Phi) is 10.1. The van der Waals surface area contributed by atoms with Crippen molar-refractivity contribution in [1.29, 1.82) is 0 Å². The van der Waals surface area contributed by atoms with E-state index in [0.29, 0.717) is 0 Å². The van der Waals surface area contributed by atoms with Gasteiger partial charge in [0.1, 0.15) is 0 Å². The van der Waals surface area contributed by atoms with Gasteiger partial charge in [-0.3, -0.25) is 4.98 Å². The van der Waals surface area contributed by atoms with Gasteiger partial charge in [-0.05, 0) is 62.9 Å². The fourth-order valence-electron chi connectivity index (χ4n) is 6.00. The molecule has 48 heavy (non-hydrogen) atoms. The summed E-state index contributed by atoms with van der Waals surface area (Å²) in [6.07, 6.45) is 5.47. The first-order valence-corrected chi connectivity index (χ1v) is 20.3. The molecule has 1 atom stereocenters. The third kappa shape index (κ3) is 7.30. The maximum absolute atomic E-state index is 8.57. The van der Waals surface area contributed by atoms with Crippen LogP contribution in [0, 0.1) is 19.1 Å². The predicted molar refractivity (Wildman–Crippen MR) is 208 cm³/mol. The third-order valence-corrected chi connectivity index (χ3v) is 11.9. The van der Waals surface area contributed by atoms with Crippen molar-refractivity contribution in [1.82, 2.24) is 9.97 Å². The minimum absolute atomic E-state index is 0. The van der Waals surface area contributed by atoms with E-state index in [1.165, 1.54) is 26.9 Å². The molecule has 0 aliphatic carbocycles. The number of pyridine rings is 2. The summed E-state index contributed by atoms with van der Waals surface area (Å²) in [4.78, 5) is 9.25. The van der Waals surface area contributed by atoms with Gasteiger partial charge >= 0.3 is 0 Å². The van der Waals surface area contributed by atoms with Crippen molar-refractivity contribution >= 4 is 55.5 Å². The standard InChI is InChI=1S/C28H24NS.C15H18NSi.Ir/c1-5-18(4)20-12-13-29-25(15-20)24-14-21-8-6-7-9-22(21)27-23-11-10-19(17(2)3)16-26(23)30-28(24)27;1-12-10-14(13-8-6-5-7-9-13)16-11-15(12)17(2,3)4;/h5-13,15-18H,1H2,2-4H3;5-8,10-11H,1-4H3;/q2*-1;/i17D,18D;;. The number of nitrogens with zero attached hydrogens (tertiary/aromatic N) is 2. The first-order chi connectivity index (χ1) is 23.2. The topological polar surface area (TPSA) is 25.8 Å². The molecule has 7 rings (SSSR count). The van der Waals surface area contributed by atoms with Crippen LogP contribution in [0.3, 0.4) is 0 Å². The van der Waals surface area contributed by atoms with E-state index in [1.807, 2.05) is 57.2 Å². The van der Waals surface area contributed by atoms with Gasteiger partial charge in [0.25, 0.3) is 0 Å². The van der Waals surface area contributed by atoms with Crippen LogP contribution in [0.1, 0.15) is 52.0 Å². The zero-order valence-corrected chi connectivity index (χ0v) is 32.9. The number of hydrogen-bond donors (Lipinski definition) is 0. The Balaban J connectivity index is 0.000000229. The van der Waals surface area contributed by atoms with E-state index >= 15 is 0 Å². The molecule has 0 spiro atoms. The minimum Gasteiger partial charge on any atom is -0.305 e.